The van der Waals surface area contributed by atoms with E-state index in [9.17, 15) is 27.9 Å². The van der Waals surface area contributed by atoms with Crippen molar-refractivity contribution in [2.24, 2.45) is 5.92 Å². The molecule has 4 aromatic rings. The van der Waals surface area contributed by atoms with Gasteiger partial charge in [-0.15, -0.1) is 11.3 Å². The molecule has 1 unspecified atom stereocenters. The molecular formula is C31H28N4O7S2. The fourth-order valence-corrected chi connectivity index (χ4v) is 7.72. The number of carboxylic acid groups (broad SMARTS) is 1. The maximum absolute atomic E-state index is 13.2. The topological polar surface area (TPSA) is 155 Å². The molecule has 1 saturated heterocycles. The van der Waals surface area contributed by atoms with Gasteiger partial charge >= 0.3 is 6.09 Å². The number of likely N-dealkylation sites (tertiary alicyclic amines) is 1. The Morgan fingerprint density at radius 3 is 2.68 bits per heavy atom. The van der Waals surface area contributed by atoms with Gasteiger partial charge in [0.2, 0.25) is 9.84 Å². The Kier molecular flexibility index (Phi) is 8.06. The van der Waals surface area contributed by atoms with E-state index in [2.05, 4.69) is 15.6 Å². The highest BCUT2D eigenvalue weighted by atomic mass is 32.2. The van der Waals surface area contributed by atoms with Crippen LogP contribution in [0.25, 0.3) is 10.6 Å². The van der Waals surface area contributed by atoms with E-state index >= 15 is 0 Å². The molecule has 1 fully saturated rings. The van der Waals surface area contributed by atoms with Gasteiger partial charge in [0.15, 0.2) is 0 Å². The molecule has 3 heterocycles. The van der Waals surface area contributed by atoms with Crippen molar-refractivity contribution in [1.29, 1.82) is 0 Å². The molecule has 13 heteroatoms. The number of hydrogen-bond acceptors (Lipinski definition) is 8. The highest BCUT2D eigenvalue weighted by molar-refractivity contribution is 7.91. The minimum atomic E-state index is -3.96. The minimum absolute atomic E-state index is 0.0475. The van der Waals surface area contributed by atoms with Gasteiger partial charge in [-0.3, -0.25) is 9.59 Å². The number of carbonyl (C=O) groups excluding carboxylic acids is 2. The van der Waals surface area contributed by atoms with Crippen molar-refractivity contribution >= 4 is 44.8 Å². The maximum atomic E-state index is 13.2. The molecule has 1 atom stereocenters. The highest BCUT2D eigenvalue weighted by Gasteiger charge is 2.31. The van der Waals surface area contributed by atoms with Crippen molar-refractivity contribution in [2.75, 3.05) is 25.0 Å². The van der Waals surface area contributed by atoms with Crippen LogP contribution in [0.15, 0.2) is 82.7 Å². The van der Waals surface area contributed by atoms with E-state index in [4.69, 9.17) is 4.74 Å². The number of anilines is 1. The summed E-state index contributed by atoms with van der Waals surface area (Å²) in [6.45, 7) is 1.70. The standard InChI is InChI=1S/C31H28N4O7S2/c36-28(21-9-12-27-25(14-21)34-29(37)24-5-1-2-6-26(24)44(27,40)41)32-15-23-16-33-30(43-23)20-7-10-22(11-8-20)42-18-19-4-3-13-35(17-19)31(38)39/h1-2,5-12,14,16,19H,3-4,13,15,17-18H2,(H,32,36)(H,34,37)(H,38,39). The summed E-state index contributed by atoms with van der Waals surface area (Å²) in [4.78, 5) is 43.5. The second-order valence-electron chi connectivity index (χ2n) is 10.6. The molecule has 2 aliphatic rings. The van der Waals surface area contributed by atoms with Gasteiger partial charge in [-0.1, -0.05) is 12.1 Å². The second-order valence-corrected chi connectivity index (χ2v) is 13.6. The Balaban J connectivity index is 1.06. The van der Waals surface area contributed by atoms with Gasteiger partial charge in [-0.2, -0.15) is 0 Å². The quantitative estimate of drug-likeness (QED) is 0.260. The largest absolute Gasteiger partial charge is 0.493 e. The Hall–Kier alpha value is -4.75. The monoisotopic (exact) mass is 632 g/mol. The number of fused-ring (bicyclic) bond motifs is 2. The highest BCUT2D eigenvalue weighted by Crippen LogP contribution is 2.34. The van der Waals surface area contributed by atoms with Crippen molar-refractivity contribution in [3.63, 3.8) is 0 Å². The molecule has 0 bridgehead atoms. The average Bonchev–Trinajstić information content (AvgIpc) is 3.49. The number of nitrogens with one attached hydrogen (secondary N) is 2. The number of nitrogens with zero attached hydrogens (tertiary/aromatic N) is 2. The fraction of sp³-hybridized carbons (Fsp3) is 0.226. The second kappa shape index (κ2) is 12.1. The minimum Gasteiger partial charge on any atom is -0.493 e. The average molecular weight is 633 g/mol. The van der Waals surface area contributed by atoms with E-state index in [-0.39, 0.29) is 39.1 Å². The van der Waals surface area contributed by atoms with Crippen LogP contribution in [0.3, 0.4) is 0 Å². The molecule has 0 saturated carbocycles. The molecule has 3 aromatic carbocycles. The van der Waals surface area contributed by atoms with Crippen molar-refractivity contribution in [1.82, 2.24) is 15.2 Å². The van der Waals surface area contributed by atoms with Crippen LogP contribution in [0.2, 0.25) is 0 Å². The van der Waals surface area contributed by atoms with Crippen LogP contribution in [0.4, 0.5) is 10.5 Å². The first kappa shape index (κ1) is 29.3. The van der Waals surface area contributed by atoms with Crippen molar-refractivity contribution in [3.8, 4) is 16.3 Å². The summed E-state index contributed by atoms with van der Waals surface area (Å²) in [6, 6.07) is 17.6. The van der Waals surface area contributed by atoms with Crippen LogP contribution in [0.5, 0.6) is 5.75 Å². The molecule has 3 N–H and O–H groups in total. The van der Waals surface area contributed by atoms with E-state index in [1.165, 1.54) is 46.6 Å². The number of rotatable bonds is 7. The van der Waals surface area contributed by atoms with Crippen LogP contribution in [-0.4, -0.2) is 61.0 Å². The number of hydrogen-bond donors (Lipinski definition) is 3. The number of thiazole rings is 1. The van der Waals surface area contributed by atoms with E-state index in [1.54, 1.807) is 18.3 Å². The zero-order chi connectivity index (χ0) is 30.8. The third-order valence-electron chi connectivity index (χ3n) is 7.55. The van der Waals surface area contributed by atoms with E-state index in [0.717, 1.165) is 28.3 Å². The summed E-state index contributed by atoms with van der Waals surface area (Å²) >= 11 is 1.42. The molecular weight excluding hydrogens is 604 g/mol. The number of piperidine rings is 1. The lowest BCUT2D eigenvalue weighted by Gasteiger charge is -2.30. The number of ether oxygens (including phenoxy) is 1. The predicted octanol–water partition coefficient (Wildman–Crippen LogP) is 4.91. The van der Waals surface area contributed by atoms with Gasteiger partial charge in [0.25, 0.3) is 11.8 Å². The van der Waals surface area contributed by atoms with Gasteiger partial charge in [0.05, 0.1) is 34.2 Å². The molecule has 6 rings (SSSR count). The predicted molar refractivity (Wildman–Crippen MR) is 163 cm³/mol. The summed E-state index contributed by atoms with van der Waals surface area (Å²) in [7, 11) is -3.96. The zero-order valence-corrected chi connectivity index (χ0v) is 25.0. The molecule has 44 heavy (non-hydrogen) atoms. The summed E-state index contributed by atoms with van der Waals surface area (Å²) in [6.07, 6.45) is 2.55. The molecule has 226 valence electrons. The van der Waals surface area contributed by atoms with Crippen LogP contribution >= 0.6 is 11.3 Å². The molecule has 2 aliphatic heterocycles. The molecule has 0 radical (unpaired) electrons. The normalized spacial score (nSPS) is 17.0. The smallest absolute Gasteiger partial charge is 0.407 e. The molecule has 0 aliphatic carbocycles. The Bertz CT molecular complexity index is 1850. The van der Waals surface area contributed by atoms with Gasteiger partial charge in [-0.05, 0) is 67.4 Å². The first-order chi connectivity index (χ1) is 21.2. The summed E-state index contributed by atoms with van der Waals surface area (Å²) in [5, 5.41) is 15.4. The van der Waals surface area contributed by atoms with E-state index in [0.29, 0.717) is 25.4 Å². The lowest BCUT2D eigenvalue weighted by Crippen LogP contribution is -2.40. The third kappa shape index (κ3) is 6.01. The summed E-state index contributed by atoms with van der Waals surface area (Å²) in [5.74, 6) is -0.138. The molecule has 1 aromatic heterocycles. The number of aromatic nitrogens is 1. The SMILES string of the molecule is O=C(NCc1cnc(-c2ccc(OCC3CCCN(C(=O)O)C3)cc2)s1)c1ccc2c(c1)NC(=O)c1ccccc1S2(=O)=O. The number of carbonyl (C=O) groups is 3. The molecule has 11 nitrogen and oxygen atoms in total. The Morgan fingerprint density at radius 1 is 1.09 bits per heavy atom. The Labute approximate surface area is 257 Å². The lowest BCUT2D eigenvalue weighted by atomic mass is 9.99. The van der Waals surface area contributed by atoms with Crippen molar-refractivity contribution in [2.45, 2.75) is 29.2 Å². The van der Waals surface area contributed by atoms with Gasteiger partial charge in [0.1, 0.15) is 10.8 Å². The summed E-state index contributed by atoms with van der Waals surface area (Å²) < 4.78 is 32.3. The first-order valence-electron chi connectivity index (χ1n) is 13.9. The number of sulfone groups is 1. The van der Waals surface area contributed by atoms with E-state index < -0.39 is 27.7 Å². The van der Waals surface area contributed by atoms with Gasteiger partial charge in [-0.25, -0.2) is 18.2 Å². The summed E-state index contributed by atoms with van der Waals surface area (Å²) in [5.41, 5.74) is 1.19. The Morgan fingerprint density at radius 2 is 1.89 bits per heavy atom. The van der Waals surface area contributed by atoms with Gasteiger partial charge < -0.3 is 25.4 Å². The molecule has 3 amide bonds. The van der Waals surface area contributed by atoms with Crippen LogP contribution < -0.4 is 15.4 Å². The maximum Gasteiger partial charge on any atom is 0.407 e. The lowest BCUT2D eigenvalue weighted by molar-refractivity contribution is 0.0949. The first-order valence-corrected chi connectivity index (χ1v) is 16.2. The van der Waals surface area contributed by atoms with Crippen molar-refractivity contribution in [3.05, 3.63) is 88.9 Å². The number of benzene rings is 3. The molecule has 0 spiro atoms. The van der Waals surface area contributed by atoms with Crippen molar-refractivity contribution < 1.29 is 32.6 Å². The van der Waals surface area contributed by atoms with Crippen LogP contribution in [0.1, 0.15) is 38.4 Å². The van der Waals surface area contributed by atoms with Crippen LogP contribution in [-0.2, 0) is 16.4 Å². The number of amides is 3. The fourth-order valence-electron chi connectivity index (χ4n) is 5.27. The van der Waals surface area contributed by atoms with Gasteiger partial charge in [0, 0.05) is 41.2 Å². The third-order valence-corrected chi connectivity index (χ3v) is 10.5. The van der Waals surface area contributed by atoms with Crippen LogP contribution in [0, 0.1) is 5.92 Å². The van der Waals surface area contributed by atoms with E-state index in [1.807, 2.05) is 24.3 Å². The zero-order valence-electron chi connectivity index (χ0n) is 23.4.